The van der Waals surface area contributed by atoms with Crippen LogP contribution in [-0.4, -0.2) is 11.3 Å². The normalized spacial score (nSPS) is 9.15. The van der Waals surface area contributed by atoms with E-state index in [4.69, 9.17) is 5.73 Å². The first-order valence-corrected chi connectivity index (χ1v) is 6.91. The number of hydrogen-bond acceptors (Lipinski definition) is 2. The Labute approximate surface area is 126 Å². The van der Waals surface area contributed by atoms with Gasteiger partial charge in [-0.05, 0) is 29.3 Å². The summed E-state index contributed by atoms with van der Waals surface area (Å²) >= 11 is 4.31. The number of carbonyl (C=O) groups excluding carboxylic acids is 1. The Hall–Kier alpha value is -2.00. The lowest BCUT2D eigenvalue weighted by atomic mass is 10.0. The fourth-order valence-electron chi connectivity index (χ4n) is 1.54. The monoisotopic (exact) mass is 287 g/mol. The van der Waals surface area contributed by atoms with Gasteiger partial charge in [0.2, 0.25) is 0 Å². The predicted molar refractivity (Wildman–Crippen MR) is 92.9 cm³/mol. The highest BCUT2D eigenvalue weighted by atomic mass is 32.1. The van der Waals surface area contributed by atoms with Crippen molar-refractivity contribution in [3.05, 3.63) is 54.1 Å². The smallest absolute Gasteiger partial charge is 0.142 e. The van der Waals surface area contributed by atoms with E-state index in [1.807, 2.05) is 44.2 Å². The second kappa shape index (κ2) is 10.9. The van der Waals surface area contributed by atoms with Gasteiger partial charge in [0.15, 0.2) is 0 Å². The third kappa shape index (κ3) is 6.81. The van der Waals surface area contributed by atoms with Gasteiger partial charge in [-0.25, -0.2) is 0 Å². The molecule has 2 rings (SSSR count). The summed E-state index contributed by atoms with van der Waals surface area (Å²) in [6, 6.07) is 14.2. The number of carbonyl (C=O) groups is 1. The van der Waals surface area contributed by atoms with Crippen molar-refractivity contribution < 1.29 is 4.79 Å². The highest BCUT2D eigenvalue weighted by molar-refractivity contribution is 7.80. The lowest BCUT2D eigenvalue weighted by Crippen LogP contribution is -1.98. The van der Waals surface area contributed by atoms with Crippen LogP contribution in [0.2, 0.25) is 0 Å². The van der Waals surface area contributed by atoms with Gasteiger partial charge in [0.25, 0.3) is 0 Å². The molecular formula is C17H21NOS. The Bertz CT molecular complexity index is 567. The van der Waals surface area contributed by atoms with Gasteiger partial charge in [-0.1, -0.05) is 74.6 Å². The molecule has 0 aromatic heterocycles. The first kappa shape index (κ1) is 18.0. The number of thiocarbonyl (C=S) groups is 1. The van der Waals surface area contributed by atoms with Gasteiger partial charge in [-0.2, -0.15) is 0 Å². The number of benzene rings is 2. The van der Waals surface area contributed by atoms with Gasteiger partial charge in [0.05, 0.1) is 4.99 Å². The molecule has 0 saturated carbocycles. The molecule has 106 valence electrons. The largest absolute Gasteiger partial charge is 0.394 e. The quantitative estimate of drug-likeness (QED) is 0.506. The molecule has 2 nitrogen and oxygen atoms in total. The molecule has 2 aromatic rings. The highest BCUT2D eigenvalue weighted by Crippen LogP contribution is 2.19. The van der Waals surface area contributed by atoms with E-state index in [0.29, 0.717) is 4.99 Å². The lowest BCUT2D eigenvalue weighted by Gasteiger charge is -2.00. The summed E-state index contributed by atoms with van der Waals surface area (Å²) in [5.74, 6) is 0. The van der Waals surface area contributed by atoms with Crippen LogP contribution >= 0.6 is 12.2 Å². The van der Waals surface area contributed by atoms with Crippen LogP contribution in [0.1, 0.15) is 26.3 Å². The maximum atomic E-state index is 10.2. The molecule has 0 aliphatic rings. The van der Waals surface area contributed by atoms with Crippen LogP contribution in [0.25, 0.3) is 16.8 Å². The minimum absolute atomic E-state index is 0.500. The molecule has 0 heterocycles. The summed E-state index contributed by atoms with van der Waals surface area (Å²) in [4.78, 5) is 10.7. The minimum atomic E-state index is 0.500. The van der Waals surface area contributed by atoms with Crippen molar-refractivity contribution in [3.63, 3.8) is 0 Å². The maximum absolute atomic E-state index is 10.2. The van der Waals surface area contributed by atoms with E-state index < -0.39 is 0 Å². The van der Waals surface area contributed by atoms with Gasteiger partial charge in [-0.3, -0.25) is 4.79 Å². The third-order valence-corrected chi connectivity index (χ3v) is 2.18. The molecular weight excluding hydrogens is 266 g/mol. The van der Waals surface area contributed by atoms with E-state index in [-0.39, 0.29) is 0 Å². The molecule has 20 heavy (non-hydrogen) atoms. The number of allylic oxidation sites excluding steroid dienone is 1. The molecule has 0 spiro atoms. The summed E-state index contributed by atoms with van der Waals surface area (Å²) in [7, 11) is 0. The average molecular weight is 287 g/mol. The van der Waals surface area contributed by atoms with Gasteiger partial charge in [-0.15, -0.1) is 0 Å². The van der Waals surface area contributed by atoms with Gasteiger partial charge in [0.1, 0.15) is 6.29 Å². The Morgan fingerprint density at radius 2 is 1.65 bits per heavy atom. The van der Waals surface area contributed by atoms with Crippen molar-refractivity contribution in [1.29, 1.82) is 0 Å². The molecule has 0 aliphatic heterocycles. The molecule has 3 heteroatoms. The van der Waals surface area contributed by atoms with Crippen molar-refractivity contribution in [2.45, 2.75) is 20.8 Å². The second-order valence-corrected chi connectivity index (χ2v) is 4.32. The molecule has 0 bridgehead atoms. The van der Waals surface area contributed by atoms with Crippen LogP contribution in [0.4, 0.5) is 0 Å². The first-order valence-electron chi connectivity index (χ1n) is 6.51. The van der Waals surface area contributed by atoms with Crippen LogP contribution in [0.15, 0.2) is 48.5 Å². The van der Waals surface area contributed by atoms with E-state index in [9.17, 15) is 4.79 Å². The van der Waals surface area contributed by atoms with Crippen LogP contribution in [-0.2, 0) is 4.79 Å². The van der Waals surface area contributed by atoms with E-state index in [1.165, 1.54) is 16.8 Å². The number of nitrogens with two attached hydrogens (primary N) is 1. The Morgan fingerprint density at radius 1 is 1.10 bits per heavy atom. The molecule has 0 unspecified atom stereocenters. The van der Waals surface area contributed by atoms with Crippen molar-refractivity contribution in [1.82, 2.24) is 0 Å². The molecule has 0 atom stereocenters. The van der Waals surface area contributed by atoms with Crippen molar-refractivity contribution in [3.8, 4) is 0 Å². The van der Waals surface area contributed by atoms with Crippen molar-refractivity contribution >= 4 is 40.3 Å². The standard InChI is InChI=1S/C13H10O.C2H5NS.C2H6/c14-10-4-8-12-7-3-6-11-5-1-2-9-13(11)12;1-2(3)4;1-2/h1-10H;1H3,(H2,3,4);1-2H3/b8-4+;;. The Balaban J connectivity index is 0.000000521. The summed E-state index contributed by atoms with van der Waals surface area (Å²) in [6.45, 7) is 5.68. The van der Waals surface area contributed by atoms with E-state index in [1.54, 1.807) is 6.92 Å². The summed E-state index contributed by atoms with van der Waals surface area (Å²) < 4.78 is 0. The van der Waals surface area contributed by atoms with Gasteiger partial charge < -0.3 is 5.73 Å². The van der Waals surface area contributed by atoms with Crippen molar-refractivity contribution in [2.24, 2.45) is 5.73 Å². The Morgan fingerprint density at radius 3 is 2.25 bits per heavy atom. The molecule has 2 aromatic carbocycles. The van der Waals surface area contributed by atoms with E-state index in [2.05, 4.69) is 30.4 Å². The van der Waals surface area contributed by atoms with Crippen LogP contribution in [0, 0.1) is 0 Å². The highest BCUT2D eigenvalue weighted by Gasteiger charge is 1.94. The second-order valence-electron chi connectivity index (χ2n) is 3.67. The number of rotatable bonds is 2. The molecule has 0 aliphatic carbocycles. The third-order valence-electron chi connectivity index (χ3n) is 2.18. The van der Waals surface area contributed by atoms with Crippen LogP contribution in [0.3, 0.4) is 0 Å². The zero-order valence-electron chi connectivity index (χ0n) is 12.2. The van der Waals surface area contributed by atoms with E-state index >= 15 is 0 Å². The molecule has 2 N–H and O–H groups in total. The molecule has 0 saturated heterocycles. The van der Waals surface area contributed by atoms with Crippen LogP contribution < -0.4 is 5.73 Å². The fourth-order valence-corrected chi connectivity index (χ4v) is 1.54. The Kier molecular flexibility index (Phi) is 9.79. The maximum Gasteiger partial charge on any atom is 0.142 e. The number of aldehydes is 1. The zero-order chi connectivity index (χ0) is 15.4. The van der Waals surface area contributed by atoms with Gasteiger partial charge in [0, 0.05) is 0 Å². The van der Waals surface area contributed by atoms with Gasteiger partial charge >= 0.3 is 0 Å². The summed E-state index contributed by atoms with van der Waals surface area (Å²) in [5, 5.41) is 2.37. The zero-order valence-corrected chi connectivity index (χ0v) is 13.0. The van der Waals surface area contributed by atoms with Crippen LogP contribution in [0.5, 0.6) is 0 Å². The predicted octanol–water partition coefficient (Wildman–Crippen LogP) is 4.37. The molecule has 0 fully saturated rings. The topological polar surface area (TPSA) is 43.1 Å². The molecule has 0 radical (unpaired) electrons. The number of fused-ring (bicyclic) bond motifs is 1. The number of hydrogen-bond donors (Lipinski definition) is 1. The summed E-state index contributed by atoms with van der Waals surface area (Å²) in [5.41, 5.74) is 5.92. The SMILES string of the molecule is CC.CC(N)=S.O=C/C=C/c1cccc2ccccc12. The van der Waals surface area contributed by atoms with Crippen molar-refractivity contribution in [2.75, 3.05) is 0 Å². The molecule has 0 amide bonds. The summed E-state index contributed by atoms with van der Waals surface area (Å²) in [6.07, 6.45) is 4.14. The minimum Gasteiger partial charge on any atom is -0.394 e. The fraction of sp³-hybridized carbons (Fsp3) is 0.176. The lowest BCUT2D eigenvalue weighted by molar-refractivity contribution is -0.104. The average Bonchev–Trinajstić information content (AvgIpc) is 2.46. The first-order chi connectivity index (χ1) is 9.65. The van der Waals surface area contributed by atoms with E-state index in [0.717, 1.165) is 11.8 Å².